The van der Waals surface area contributed by atoms with Gasteiger partial charge in [-0.2, -0.15) is 0 Å². The molecule has 2 N–H and O–H groups in total. The van der Waals surface area contributed by atoms with Crippen LogP contribution >= 0.6 is 0 Å². The average Bonchev–Trinajstić information content (AvgIpc) is 2.63. The largest absolute Gasteiger partial charge is 0.407 e. The minimum absolute atomic E-state index is 0.429. The fourth-order valence-electron chi connectivity index (χ4n) is 1.59. The van der Waals surface area contributed by atoms with Crippen LogP contribution in [0.25, 0.3) is 0 Å². The van der Waals surface area contributed by atoms with Crippen LogP contribution in [0.3, 0.4) is 0 Å². The molecular weight excluding hydrogens is 232 g/mol. The van der Waals surface area contributed by atoms with Crippen LogP contribution in [0.2, 0.25) is 0 Å². The second-order valence-electron chi connectivity index (χ2n) is 5.67. The molecule has 0 aliphatic carbocycles. The Balaban J connectivity index is 2.47. The maximum absolute atomic E-state index is 9.71. The summed E-state index contributed by atoms with van der Waals surface area (Å²) in [7, 11) is 1.82. The van der Waals surface area contributed by atoms with Crippen LogP contribution in [-0.2, 0) is 6.54 Å². The van der Waals surface area contributed by atoms with E-state index in [2.05, 4.69) is 29.4 Å². The zero-order valence-electron chi connectivity index (χ0n) is 11.9. The van der Waals surface area contributed by atoms with Crippen LogP contribution in [0.5, 0.6) is 0 Å². The highest BCUT2D eigenvalue weighted by molar-refractivity contribution is 5.22. The molecular formula is C12H24N4O2. The standard InChI is InChI=1S/C12H24N4O2/c1-9(2)6-13-7-10-14-15-11(18-10)16(5)8-12(3,4)17/h9,13,17H,6-8H2,1-5H3. The molecule has 0 amide bonds. The number of nitrogens with one attached hydrogen (secondary N) is 1. The lowest BCUT2D eigenvalue weighted by Gasteiger charge is -2.23. The summed E-state index contributed by atoms with van der Waals surface area (Å²) in [6.45, 7) is 9.69. The van der Waals surface area contributed by atoms with Gasteiger partial charge in [-0.15, -0.1) is 5.10 Å². The summed E-state index contributed by atoms with van der Waals surface area (Å²) in [5.74, 6) is 1.15. The van der Waals surface area contributed by atoms with Crippen molar-refractivity contribution < 1.29 is 9.52 Å². The van der Waals surface area contributed by atoms with Gasteiger partial charge in [0.2, 0.25) is 5.89 Å². The average molecular weight is 256 g/mol. The summed E-state index contributed by atoms with van der Waals surface area (Å²) >= 11 is 0. The molecule has 0 aliphatic rings. The molecule has 0 saturated carbocycles. The maximum atomic E-state index is 9.71. The highest BCUT2D eigenvalue weighted by Crippen LogP contribution is 2.13. The molecule has 0 aliphatic heterocycles. The third-order valence-electron chi connectivity index (χ3n) is 2.24. The Morgan fingerprint density at radius 2 is 2.06 bits per heavy atom. The summed E-state index contributed by atoms with van der Waals surface area (Å²) in [5.41, 5.74) is -0.792. The zero-order valence-corrected chi connectivity index (χ0v) is 11.9. The van der Waals surface area contributed by atoms with Crippen molar-refractivity contribution in [2.75, 3.05) is 25.0 Å². The monoisotopic (exact) mass is 256 g/mol. The van der Waals surface area contributed by atoms with Crippen LogP contribution in [0.4, 0.5) is 6.01 Å². The highest BCUT2D eigenvalue weighted by atomic mass is 16.4. The van der Waals surface area contributed by atoms with Crippen LogP contribution in [0, 0.1) is 5.92 Å². The smallest absolute Gasteiger partial charge is 0.318 e. The van der Waals surface area contributed by atoms with E-state index in [4.69, 9.17) is 4.42 Å². The van der Waals surface area contributed by atoms with Gasteiger partial charge in [0, 0.05) is 7.05 Å². The first kappa shape index (κ1) is 14.9. The molecule has 1 aromatic rings. The molecule has 0 unspecified atom stereocenters. The van der Waals surface area contributed by atoms with Gasteiger partial charge in [0.1, 0.15) is 0 Å². The van der Waals surface area contributed by atoms with Crippen molar-refractivity contribution in [2.45, 2.75) is 39.8 Å². The molecule has 1 aromatic heterocycles. The third kappa shape index (κ3) is 5.46. The Morgan fingerprint density at radius 3 is 2.61 bits per heavy atom. The number of hydrogen-bond acceptors (Lipinski definition) is 6. The number of rotatable bonds is 7. The number of aliphatic hydroxyl groups is 1. The van der Waals surface area contributed by atoms with E-state index < -0.39 is 5.60 Å². The first-order valence-electron chi connectivity index (χ1n) is 6.24. The molecule has 18 heavy (non-hydrogen) atoms. The van der Waals surface area contributed by atoms with Gasteiger partial charge < -0.3 is 19.7 Å². The number of likely N-dealkylation sites (N-methyl/N-ethyl adjacent to an activating group) is 1. The number of hydrogen-bond donors (Lipinski definition) is 2. The molecule has 1 heterocycles. The van der Waals surface area contributed by atoms with Crippen molar-refractivity contribution >= 4 is 6.01 Å². The number of aromatic nitrogens is 2. The van der Waals surface area contributed by atoms with Gasteiger partial charge in [-0.3, -0.25) is 0 Å². The molecule has 0 fully saturated rings. The Hall–Kier alpha value is -1.14. The summed E-state index contributed by atoms with van der Waals surface area (Å²) in [6, 6.07) is 0.429. The predicted molar refractivity (Wildman–Crippen MR) is 70.4 cm³/mol. The lowest BCUT2D eigenvalue weighted by Crippen LogP contribution is -2.36. The van der Waals surface area contributed by atoms with Crippen molar-refractivity contribution in [3.63, 3.8) is 0 Å². The van der Waals surface area contributed by atoms with Crippen molar-refractivity contribution in [3.05, 3.63) is 5.89 Å². The third-order valence-corrected chi connectivity index (χ3v) is 2.24. The van der Waals surface area contributed by atoms with Gasteiger partial charge >= 0.3 is 6.01 Å². The quantitative estimate of drug-likeness (QED) is 0.759. The zero-order chi connectivity index (χ0) is 13.8. The SMILES string of the molecule is CC(C)CNCc1nnc(N(C)CC(C)(C)O)o1. The minimum atomic E-state index is -0.792. The topological polar surface area (TPSA) is 74.4 Å². The van der Waals surface area contributed by atoms with Crippen molar-refractivity contribution in [1.82, 2.24) is 15.5 Å². The van der Waals surface area contributed by atoms with Crippen LogP contribution < -0.4 is 10.2 Å². The van der Waals surface area contributed by atoms with Crippen LogP contribution in [0.15, 0.2) is 4.42 Å². The van der Waals surface area contributed by atoms with Gasteiger partial charge in [-0.05, 0) is 26.3 Å². The van der Waals surface area contributed by atoms with E-state index in [9.17, 15) is 5.11 Å². The van der Waals surface area contributed by atoms with Crippen molar-refractivity contribution in [3.8, 4) is 0 Å². The fourth-order valence-corrected chi connectivity index (χ4v) is 1.59. The minimum Gasteiger partial charge on any atom is -0.407 e. The second kappa shape index (κ2) is 6.15. The molecule has 6 nitrogen and oxygen atoms in total. The molecule has 0 radical (unpaired) electrons. The summed E-state index contributed by atoms with van der Waals surface area (Å²) in [4.78, 5) is 1.75. The van der Waals surface area contributed by atoms with Crippen LogP contribution in [0.1, 0.15) is 33.6 Å². The van der Waals surface area contributed by atoms with Gasteiger partial charge in [-0.25, -0.2) is 0 Å². The molecule has 0 saturated heterocycles. The normalized spacial score (nSPS) is 12.2. The molecule has 0 spiro atoms. The molecule has 104 valence electrons. The first-order valence-corrected chi connectivity index (χ1v) is 6.24. The van der Waals surface area contributed by atoms with Gasteiger partial charge in [0.05, 0.1) is 18.7 Å². The van der Waals surface area contributed by atoms with E-state index in [1.807, 2.05) is 7.05 Å². The molecule has 0 aromatic carbocycles. The maximum Gasteiger partial charge on any atom is 0.318 e. The lowest BCUT2D eigenvalue weighted by molar-refractivity contribution is 0.0874. The van der Waals surface area contributed by atoms with E-state index in [1.165, 1.54) is 0 Å². The van der Waals surface area contributed by atoms with E-state index in [0.717, 1.165) is 6.54 Å². The second-order valence-corrected chi connectivity index (χ2v) is 5.67. The number of nitrogens with zero attached hydrogens (tertiary/aromatic N) is 3. The molecule has 0 atom stereocenters. The molecule has 6 heteroatoms. The van der Waals surface area contributed by atoms with Crippen molar-refractivity contribution in [2.24, 2.45) is 5.92 Å². The summed E-state index contributed by atoms with van der Waals surface area (Å²) < 4.78 is 5.50. The first-order chi connectivity index (χ1) is 8.28. The van der Waals surface area contributed by atoms with Gasteiger partial charge in [0.15, 0.2) is 0 Å². The molecule has 0 bridgehead atoms. The molecule has 1 rings (SSSR count). The van der Waals surface area contributed by atoms with Gasteiger partial charge in [-0.1, -0.05) is 18.9 Å². The van der Waals surface area contributed by atoms with E-state index >= 15 is 0 Å². The fraction of sp³-hybridized carbons (Fsp3) is 0.833. The Labute approximate surface area is 108 Å². The van der Waals surface area contributed by atoms with Crippen LogP contribution in [-0.4, -0.2) is 41.0 Å². The Kier molecular flexibility index (Phi) is 5.10. The summed E-state index contributed by atoms with van der Waals surface area (Å²) in [5, 5.41) is 20.9. The Morgan fingerprint density at radius 1 is 1.39 bits per heavy atom. The number of anilines is 1. The van der Waals surface area contributed by atoms with E-state index in [1.54, 1.807) is 18.7 Å². The van der Waals surface area contributed by atoms with E-state index in [-0.39, 0.29) is 0 Å². The summed E-state index contributed by atoms with van der Waals surface area (Å²) in [6.07, 6.45) is 0. The lowest BCUT2D eigenvalue weighted by atomic mass is 10.1. The van der Waals surface area contributed by atoms with Gasteiger partial charge in [0.25, 0.3) is 0 Å². The predicted octanol–water partition coefficient (Wildman–Crippen LogP) is 1.02. The Bertz CT molecular complexity index is 357. The van der Waals surface area contributed by atoms with Crippen molar-refractivity contribution in [1.29, 1.82) is 0 Å². The van der Waals surface area contributed by atoms with E-state index in [0.29, 0.717) is 30.9 Å². The highest BCUT2D eigenvalue weighted by Gasteiger charge is 2.19.